The van der Waals surface area contributed by atoms with Crippen molar-refractivity contribution < 1.29 is 32.6 Å². The van der Waals surface area contributed by atoms with Crippen molar-refractivity contribution >= 4 is 28.5 Å². The number of nitrogens with one attached hydrogen (secondary N) is 1. The van der Waals surface area contributed by atoms with Gasteiger partial charge < -0.3 is 20.6 Å². The van der Waals surface area contributed by atoms with Crippen molar-refractivity contribution in [3.05, 3.63) is 64.4 Å². The van der Waals surface area contributed by atoms with Gasteiger partial charge in [0.15, 0.2) is 0 Å². The summed E-state index contributed by atoms with van der Waals surface area (Å²) in [5, 5.41) is 9.47. The molecule has 3 aromatic rings. The van der Waals surface area contributed by atoms with Crippen molar-refractivity contribution in [2.45, 2.75) is 31.2 Å². The fourth-order valence-electron chi connectivity index (χ4n) is 3.90. The second-order valence-corrected chi connectivity index (χ2v) is 7.97. The smallest absolute Gasteiger partial charge is 0.417 e. The van der Waals surface area contributed by atoms with Crippen LogP contribution in [-0.4, -0.2) is 40.8 Å². The van der Waals surface area contributed by atoms with Crippen LogP contribution >= 0.6 is 0 Å². The number of cyclic esters (lactones) is 1. The Morgan fingerprint density at radius 2 is 1.94 bits per heavy atom. The fourth-order valence-corrected chi connectivity index (χ4v) is 3.90. The molecule has 1 amide bonds. The highest BCUT2D eigenvalue weighted by atomic mass is 19.4. The lowest BCUT2D eigenvalue weighted by Gasteiger charge is -2.15. The molecule has 2 atom stereocenters. The molecule has 34 heavy (non-hydrogen) atoms. The first-order chi connectivity index (χ1) is 16.0. The number of carbonyl (C=O) groups excluding carboxylic acids is 1. The number of H-pyrrole nitrogens is 1. The third kappa shape index (κ3) is 4.60. The minimum atomic E-state index is -4.59. The maximum Gasteiger partial charge on any atom is 0.417 e. The minimum Gasteiger partial charge on any atom is -0.480 e. The van der Waals surface area contributed by atoms with Crippen LogP contribution in [-0.2, 0) is 15.7 Å². The number of fused-ring (bicyclic) bond motifs is 1. The zero-order chi connectivity index (χ0) is 24.6. The van der Waals surface area contributed by atoms with Crippen LogP contribution in [0.2, 0.25) is 0 Å². The third-order valence-corrected chi connectivity index (χ3v) is 5.65. The second kappa shape index (κ2) is 8.82. The molecule has 4 N–H and O–H groups in total. The summed E-state index contributed by atoms with van der Waals surface area (Å²) >= 11 is 0. The van der Waals surface area contributed by atoms with Crippen molar-refractivity contribution in [2.24, 2.45) is 5.73 Å². The van der Waals surface area contributed by atoms with Gasteiger partial charge in [0.2, 0.25) is 0 Å². The van der Waals surface area contributed by atoms with Crippen LogP contribution in [0.1, 0.15) is 18.4 Å². The van der Waals surface area contributed by atoms with Crippen LogP contribution < -0.4 is 16.2 Å². The maximum absolute atomic E-state index is 13.4. The van der Waals surface area contributed by atoms with E-state index < -0.39 is 41.5 Å². The Hall–Kier alpha value is -3.86. The standard InChI is InChI=1S/C23H20F3N3O5/c24-23(25,26)17-4-2-1-3-15(17)19-9-12-5-6-13(10-16(12)20(30)28-19)29-11-14(34-22(29)33)7-8-18(27)21(31)32/h1-6,9-10,14,18H,7-8,11,27H2,(H,28,30)(H,31,32)/t14?,18-/m1/s1. The summed E-state index contributed by atoms with van der Waals surface area (Å²) in [7, 11) is 0. The maximum atomic E-state index is 13.4. The summed E-state index contributed by atoms with van der Waals surface area (Å²) in [5.41, 5.74) is 4.26. The van der Waals surface area contributed by atoms with Gasteiger partial charge in [0.05, 0.1) is 12.1 Å². The molecule has 0 aliphatic carbocycles. The van der Waals surface area contributed by atoms with Gasteiger partial charge >= 0.3 is 18.2 Å². The molecular weight excluding hydrogens is 455 g/mol. The molecule has 2 heterocycles. The predicted molar refractivity (Wildman–Crippen MR) is 117 cm³/mol. The number of aromatic nitrogens is 1. The average molecular weight is 475 g/mol. The van der Waals surface area contributed by atoms with E-state index in [9.17, 15) is 27.6 Å². The second-order valence-electron chi connectivity index (χ2n) is 7.97. The zero-order valence-corrected chi connectivity index (χ0v) is 17.6. The van der Waals surface area contributed by atoms with Gasteiger partial charge in [0, 0.05) is 22.3 Å². The number of pyridine rings is 1. The first-order valence-electron chi connectivity index (χ1n) is 10.3. The number of nitrogens with two attached hydrogens (primary N) is 1. The fraction of sp³-hybridized carbons (Fsp3) is 0.261. The van der Waals surface area contributed by atoms with Gasteiger partial charge in [-0.05, 0) is 42.5 Å². The molecule has 0 radical (unpaired) electrons. The number of hydrogen-bond acceptors (Lipinski definition) is 5. The summed E-state index contributed by atoms with van der Waals surface area (Å²) in [6.07, 6.45) is -5.42. The predicted octanol–water partition coefficient (Wildman–Crippen LogP) is 3.73. The molecule has 1 fully saturated rings. The zero-order valence-electron chi connectivity index (χ0n) is 17.6. The number of anilines is 1. The molecule has 1 saturated heterocycles. The van der Waals surface area contributed by atoms with Gasteiger partial charge in [-0.1, -0.05) is 24.3 Å². The molecule has 0 bridgehead atoms. The summed E-state index contributed by atoms with van der Waals surface area (Å²) in [6.45, 7) is 0.144. The molecule has 0 spiro atoms. The molecule has 11 heteroatoms. The number of amides is 1. The van der Waals surface area contributed by atoms with Crippen molar-refractivity contribution in [1.82, 2.24) is 4.98 Å². The number of halogens is 3. The van der Waals surface area contributed by atoms with E-state index >= 15 is 0 Å². The number of alkyl halides is 3. The highest BCUT2D eigenvalue weighted by Gasteiger charge is 2.34. The lowest BCUT2D eigenvalue weighted by molar-refractivity contribution is -0.139. The largest absolute Gasteiger partial charge is 0.480 e. The number of aliphatic carboxylic acids is 1. The Balaban J connectivity index is 1.62. The summed E-state index contributed by atoms with van der Waals surface area (Å²) in [4.78, 5) is 39.7. The Kier molecular flexibility index (Phi) is 6.05. The SMILES string of the molecule is N[C@H](CCC1CN(c2ccc3cc(-c4ccccc4C(F)(F)F)[nH]c(=O)c3c2)C(=O)O1)C(=O)O. The lowest BCUT2D eigenvalue weighted by Crippen LogP contribution is -2.31. The van der Waals surface area contributed by atoms with Crippen LogP contribution in [0.3, 0.4) is 0 Å². The van der Waals surface area contributed by atoms with Crippen molar-refractivity contribution in [3.8, 4) is 11.3 Å². The quantitative estimate of drug-likeness (QED) is 0.499. The number of carbonyl (C=O) groups is 2. The number of carboxylic acid groups (broad SMARTS) is 1. The van der Waals surface area contributed by atoms with E-state index in [1.165, 1.54) is 35.2 Å². The van der Waals surface area contributed by atoms with Crippen LogP contribution in [0.5, 0.6) is 0 Å². The van der Waals surface area contributed by atoms with E-state index in [1.807, 2.05) is 0 Å². The number of rotatable bonds is 6. The van der Waals surface area contributed by atoms with Crippen LogP contribution in [0.25, 0.3) is 22.0 Å². The van der Waals surface area contributed by atoms with E-state index in [1.54, 1.807) is 12.1 Å². The molecule has 8 nitrogen and oxygen atoms in total. The highest BCUT2D eigenvalue weighted by Crippen LogP contribution is 2.36. The molecule has 178 valence electrons. The third-order valence-electron chi connectivity index (χ3n) is 5.65. The monoisotopic (exact) mass is 475 g/mol. The van der Waals surface area contributed by atoms with Gasteiger partial charge in [-0.2, -0.15) is 13.2 Å². The van der Waals surface area contributed by atoms with Crippen molar-refractivity contribution in [3.63, 3.8) is 0 Å². The van der Waals surface area contributed by atoms with Crippen molar-refractivity contribution in [1.29, 1.82) is 0 Å². The van der Waals surface area contributed by atoms with Gasteiger partial charge in [-0.25, -0.2) is 4.79 Å². The molecule has 1 aliphatic heterocycles. The number of ether oxygens (including phenoxy) is 1. The Morgan fingerprint density at radius 3 is 2.65 bits per heavy atom. The van der Waals surface area contributed by atoms with Gasteiger partial charge in [-0.15, -0.1) is 0 Å². The van der Waals surface area contributed by atoms with E-state index in [-0.39, 0.29) is 36.0 Å². The van der Waals surface area contributed by atoms with E-state index in [0.717, 1.165) is 6.07 Å². The molecule has 1 aromatic heterocycles. The summed E-state index contributed by atoms with van der Waals surface area (Å²) < 4.78 is 45.5. The summed E-state index contributed by atoms with van der Waals surface area (Å²) in [6, 6.07) is 9.90. The average Bonchev–Trinajstić information content (AvgIpc) is 3.17. The highest BCUT2D eigenvalue weighted by molar-refractivity contribution is 5.94. The first-order valence-corrected chi connectivity index (χ1v) is 10.3. The van der Waals surface area contributed by atoms with Gasteiger partial charge in [0.25, 0.3) is 5.56 Å². The number of benzene rings is 2. The topological polar surface area (TPSA) is 126 Å². The Bertz CT molecular complexity index is 1320. The molecule has 4 rings (SSSR count). The number of nitrogens with zero attached hydrogens (tertiary/aromatic N) is 1. The Morgan fingerprint density at radius 1 is 1.21 bits per heavy atom. The minimum absolute atomic E-state index is 0.0218. The van der Waals surface area contributed by atoms with E-state index in [4.69, 9.17) is 15.6 Å². The Labute approximate surface area is 190 Å². The lowest BCUT2D eigenvalue weighted by atomic mass is 10.0. The van der Waals surface area contributed by atoms with Crippen LogP contribution in [0.15, 0.2) is 53.3 Å². The van der Waals surface area contributed by atoms with Gasteiger partial charge in [-0.3, -0.25) is 14.5 Å². The molecule has 0 saturated carbocycles. The van der Waals surface area contributed by atoms with Gasteiger partial charge in [0.1, 0.15) is 12.1 Å². The van der Waals surface area contributed by atoms with Crippen LogP contribution in [0.4, 0.5) is 23.7 Å². The molecule has 1 unspecified atom stereocenters. The van der Waals surface area contributed by atoms with Crippen molar-refractivity contribution in [2.75, 3.05) is 11.4 Å². The molecule has 1 aliphatic rings. The number of hydrogen-bond donors (Lipinski definition) is 3. The summed E-state index contributed by atoms with van der Waals surface area (Å²) in [5.74, 6) is -1.15. The normalized spacial score (nSPS) is 17.1. The first kappa shape index (κ1) is 23.3. The molecule has 2 aromatic carbocycles. The van der Waals surface area contributed by atoms with E-state index in [0.29, 0.717) is 11.1 Å². The number of carboxylic acids is 1. The molecular formula is C23H20F3N3O5. The number of aromatic amines is 1. The van der Waals surface area contributed by atoms with Crippen LogP contribution in [0, 0.1) is 0 Å². The van der Waals surface area contributed by atoms with E-state index in [2.05, 4.69) is 4.98 Å².